The van der Waals surface area contributed by atoms with Crippen molar-refractivity contribution in [2.45, 2.75) is 31.2 Å². The number of aromatic nitrogens is 2. The number of carbonyl (C=O) groups is 1. The lowest BCUT2D eigenvalue weighted by Gasteiger charge is -2.29. The Morgan fingerprint density at radius 2 is 2.14 bits per heavy atom. The molecular weight excluding hydrogens is 446 g/mol. The summed E-state index contributed by atoms with van der Waals surface area (Å²) in [6, 6.07) is 8.83. The van der Waals surface area contributed by atoms with Crippen LogP contribution >= 0.6 is 0 Å². The van der Waals surface area contributed by atoms with Gasteiger partial charge in [0.25, 0.3) is 6.04 Å². The standard InChI is InChI=1S/C26H27N5O4/c1-34-22-6-4-7-23-24(22)19-13-30(12-16(19)14-35-23)10-3-2-5-21-26(32)17-8-9-20-18(11-27-15-28-20)25(17)29-31(21)33/h4,6-9,11,15-16,19,21H,2-3,5,10,12-14H2,1H3/p+1/t16-,19-,21?/m1/s1. The van der Waals surface area contributed by atoms with E-state index in [1.807, 2.05) is 18.2 Å². The third-order valence-electron chi connectivity index (χ3n) is 7.55. The highest BCUT2D eigenvalue weighted by Gasteiger charge is 2.42. The van der Waals surface area contributed by atoms with Crippen LogP contribution in [0.4, 0.5) is 5.69 Å². The van der Waals surface area contributed by atoms with Gasteiger partial charge in [0, 0.05) is 48.5 Å². The maximum atomic E-state index is 13.1. The summed E-state index contributed by atoms with van der Waals surface area (Å²) in [6.07, 6.45) is 5.32. The Morgan fingerprint density at radius 1 is 1.23 bits per heavy atom. The topological polar surface area (TPSA) is 96.7 Å². The van der Waals surface area contributed by atoms with Gasteiger partial charge in [0.2, 0.25) is 5.78 Å². The van der Waals surface area contributed by atoms with E-state index in [-0.39, 0.29) is 5.78 Å². The number of hydrazine groups is 1. The summed E-state index contributed by atoms with van der Waals surface area (Å²) in [6.45, 7) is 3.63. The molecule has 3 aliphatic heterocycles. The number of nitroso groups, excluding NO2 is 1. The summed E-state index contributed by atoms with van der Waals surface area (Å²) in [5.41, 5.74) is 5.77. The summed E-state index contributed by atoms with van der Waals surface area (Å²) >= 11 is 0. The number of benzene rings is 2. The van der Waals surface area contributed by atoms with Crippen molar-refractivity contribution in [3.05, 3.63) is 58.9 Å². The molecule has 0 bridgehead atoms. The number of ether oxygens (including phenoxy) is 2. The van der Waals surface area contributed by atoms with Crippen molar-refractivity contribution in [3.63, 3.8) is 0 Å². The average molecular weight is 475 g/mol. The van der Waals surface area contributed by atoms with Gasteiger partial charge < -0.3 is 14.4 Å². The zero-order valence-electron chi connectivity index (χ0n) is 19.6. The van der Waals surface area contributed by atoms with Gasteiger partial charge in [-0.25, -0.2) is 9.97 Å². The number of hydrogen-bond acceptors (Lipinski definition) is 7. The molecule has 0 spiro atoms. The summed E-state index contributed by atoms with van der Waals surface area (Å²) in [7, 11) is 1.71. The number of likely N-dealkylation sites (tertiary alicyclic amines) is 1. The summed E-state index contributed by atoms with van der Waals surface area (Å²) in [5.74, 6) is 2.55. The van der Waals surface area contributed by atoms with Crippen LogP contribution in [0, 0.1) is 10.8 Å². The summed E-state index contributed by atoms with van der Waals surface area (Å²) in [4.78, 5) is 37.2. The predicted octanol–water partition coefficient (Wildman–Crippen LogP) is 3.59. The first-order valence-corrected chi connectivity index (χ1v) is 12.2. The third-order valence-corrected chi connectivity index (χ3v) is 7.55. The fraction of sp³-hybridized carbons (Fsp3) is 0.423. The van der Waals surface area contributed by atoms with Crippen LogP contribution in [0.1, 0.15) is 41.1 Å². The van der Waals surface area contributed by atoms with E-state index >= 15 is 0 Å². The van der Waals surface area contributed by atoms with E-state index in [4.69, 9.17) is 9.47 Å². The van der Waals surface area contributed by atoms with Gasteiger partial charge in [0.15, 0.2) is 0 Å². The number of carbonyl (C=O) groups excluding carboxylic acids is 1. The fourth-order valence-corrected chi connectivity index (χ4v) is 5.81. The number of hydrogen-bond donors (Lipinski definition) is 1. The van der Waals surface area contributed by atoms with Crippen LogP contribution in [0.5, 0.6) is 11.5 Å². The first-order chi connectivity index (χ1) is 17.1. The number of methoxy groups -OCH3 is 1. The normalized spacial score (nSPS) is 23.3. The van der Waals surface area contributed by atoms with Crippen LogP contribution in [0.15, 0.2) is 42.9 Å². The average Bonchev–Trinajstić information content (AvgIpc) is 3.31. The van der Waals surface area contributed by atoms with Crippen LogP contribution in [-0.4, -0.2) is 64.9 Å². The minimum absolute atomic E-state index is 0.146. The van der Waals surface area contributed by atoms with Gasteiger partial charge in [0.05, 0.1) is 29.7 Å². The molecule has 1 unspecified atom stereocenters. The van der Waals surface area contributed by atoms with Gasteiger partial charge in [-0.2, -0.15) is 0 Å². The molecule has 0 aliphatic carbocycles. The number of Topliss-reactive ketones (excluding diaryl/α,β-unsaturated/α-hetero) is 1. The van der Waals surface area contributed by atoms with E-state index < -0.39 is 6.04 Å². The fourth-order valence-electron chi connectivity index (χ4n) is 5.81. The second-order valence-corrected chi connectivity index (χ2v) is 9.57. The minimum Gasteiger partial charge on any atom is -0.496 e. The number of nitrogens with one attached hydrogen (secondary N) is 1. The van der Waals surface area contributed by atoms with Gasteiger partial charge in [-0.3, -0.25) is 4.79 Å². The Bertz CT molecular complexity index is 1300. The zero-order chi connectivity index (χ0) is 23.9. The van der Waals surface area contributed by atoms with Crippen LogP contribution in [0.3, 0.4) is 0 Å². The second kappa shape index (κ2) is 8.88. The molecule has 0 saturated carbocycles. The monoisotopic (exact) mass is 474 g/mol. The lowest BCUT2D eigenvalue weighted by Crippen LogP contribution is -2.41. The molecule has 2 aromatic carbocycles. The second-order valence-electron chi connectivity index (χ2n) is 9.57. The molecule has 1 N–H and O–H groups in total. The van der Waals surface area contributed by atoms with E-state index in [0.29, 0.717) is 45.3 Å². The van der Waals surface area contributed by atoms with Gasteiger partial charge in [-0.05, 0) is 43.7 Å². The van der Waals surface area contributed by atoms with E-state index in [1.54, 1.807) is 25.4 Å². The van der Waals surface area contributed by atoms with Crippen LogP contribution in [0.25, 0.3) is 10.9 Å². The molecule has 1 saturated heterocycles. The van der Waals surface area contributed by atoms with Gasteiger partial charge in [-0.15, -0.1) is 5.43 Å². The quantitative estimate of drug-likeness (QED) is 0.428. The Labute approximate surface area is 203 Å². The highest BCUT2D eigenvalue weighted by atomic mass is 16.5. The van der Waals surface area contributed by atoms with Crippen molar-refractivity contribution >= 4 is 22.4 Å². The Balaban J connectivity index is 1.07. The minimum atomic E-state index is -0.727. The maximum Gasteiger partial charge on any atom is 0.296 e. The van der Waals surface area contributed by atoms with Crippen molar-refractivity contribution in [2.75, 3.05) is 38.8 Å². The molecule has 0 amide bonds. The molecule has 3 aromatic rings. The van der Waals surface area contributed by atoms with Crippen LogP contribution < -0.4 is 14.9 Å². The van der Waals surface area contributed by atoms with Crippen molar-refractivity contribution < 1.29 is 19.1 Å². The Morgan fingerprint density at radius 3 is 3.03 bits per heavy atom. The highest BCUT2D eigenvalue weighted by Crippen LogP contribution is 2.46. The number of nitrogens with zero attached hydrogens (tertiary/aromatic N) is 4. The molecule has 9 heteroatoms. The first kappa shape index (κ1) is 21.9. The van der Waals surface area contributed by atoms with Gasteiger partial charge in [0.1, 0.15) is 28.4 Å². The maximum absolute atomic E-state index is 13.1. The van der Waals surface area contributed by atoms with E-state index in [1.165, 1.54) is 11.9 Å². The van der Waals surface area contributed by atoms with Gasteiger partial charge in [-0.1, -0.05) is 6.07 Å². The number of anilines is 1. The highest BCUT2D eigenvalue weighted by molar-refractivity contribution is 6.10. The molecular formula is C26H28N5O4+. The first-order valence-electron chi connectivity index (χ1n) is 12.2. The molecule has 4 heterocycles. The summed E-state index contributed by atoms with van der Waals surface area (Å²) in [5, 5.41) is 0.676. The number of unbranched alkanes of at least 4 members (excludes halogenated alkanes) is 1. The summed E-state index contributed by atoms with van der Waals surface area (Å²) < 4.78 is 11.6. The van der Waals surface area contributed by atoms with E-state index in [0.717, 1.165) is 50.6 Å². The van der Waals surface area contributed by atoms with Crippen molar-refractivity contribution in [3.8, 4) is 11.5 Å². The number of fused-ring (bicyclic) bond motifs is 6. The molecule has 3 aliphatic rings. The van der Waals surface area contributed by atoms with Crippen molar-refractivity contribution in [1.29, 1.82) is 0 Å². The Kier molecular flexibility index (Phi) is 5.56. The van der Waals surface area contributed by atoms with Crippen LogP contribution in [-0.2, 0) is 0 Å². The van der Waals surface area contributed by atoms with E-state index in [9.17, 15) is 9.70 Å². The lowest BCUT2D eigenvalue weighted by atomic mass is 9.86. The van der Waals surface area contributed by atoms with E-state index in [2.05, 4.69) is 20.3 Å². The molecule has 0 radical (unpaired) electrons. The molecule has 9 nitrogen and oxygen atoms in total. The zero-order valence-corrected chi connectivity index (χ0v) is 19.6. The van der Waals surface area contributed by atoms with Crippen LogP contribution in [0.2, 0.25) is 0 Å². The van der Waals surface area contributed by atoms with Crippen molar-refractivity contribution in [1.82, 2.24) is 14.9 Å². The van der Waals surface area contributed by atoms with Crippen molar-refractivity contribution in [2.24, 2.45) is 5.92 Å². The lowest BCUT2D eigenvalue weighted by molar-refractivity contribution is -0.544. The molecule has 1 aromatic heterocycles. The molecule has 1 fully saturated rings. The predicted molar refractivity (Wildman–Crippen MR) is 130 cm³/mol. The number of ketones is 1. The molecule has 6 rings (SSSR count). The Hall–Kier alpha value is -3.59. The SMILES string of the molecule is COc1cccc2c1[C@@H]1CN(CCCCC3C(=O)c4ccc5ncncc5c4N[N+]3=O)C[C@@H]1CO2. The smallest absolute Gasteiger partial charge is 0.296 e. The number of rotatable bonds is 6. The van der Waals surface area contributed by atoms with Gasteiger partial charge >= 0.3 is 0 Å². The third kappa shape index (κ3) is 3.80. The largest absolute Gasteiger partial charge is 0.496 e. The molecule has 180 valence electrons. The molecule has 3 atom stereocenters. The molecule has 35 heavy (non-hydrogen) atoms.